The first-order chi connectivity index (χ1) is 22.7. The van der Waals surface area contributed by atoms with Crippen LogP contribution in [0.2, 0.25) is 0 Å². The van der Waals surface area contributed by atoms with E-state index in [1.807, 2.05) is 0 Å². The van der Waals surface area contributed by atoms with Gasteiger partial charge in [0, 0.05) is 11.8 Å². The van der Waals surface area contributed by atoms with Crippen molar-refractivity contribution in [2.24, 2.45) is 11.8 Å². The van der Waals surface area contributed by atoms with Gasteiger partial charge < -0.3 is 0 Å². The zero-order valence-electron chi connectivity index (χ0n) is 31.4. The van der Waals surface area contributed by atoms with Crippen molar-refractivity contribution in [1.29, 1.82) is 0 Å². The van der Waals surface area contributed by atoms with Gasteiger partial charge in [-0.2, -0.15) is 0 Å². The molecule has 0 heteroatoms. The van der Waals surface area contributed by atoms with Gasteiger partial charge in [-0.25, -0.2) is 0 Å². The van der Waals surface area contributed by atoms with E-state index in [1.54, 1.807) is 11.1 Å². The summed E-state index contributed by atoms with van der Waals surface area (Å²) in [5.41, 5.74) is 17.7. The predicted octanol–water partition coefficient (Wildman–Crippen LogP) is 14.1. The normalized spacial score (nSPS) is 17.5. The lowest BCUT2D eigenvalue weighted by molar-refractivity contribution is 0.541. The van der Waals surface area contributed by atoms with Crippen molar-refractivity contribution in [3.05, 3.63) is 129 Å². The molecule has 0 radical (unpaired) electrons. The second kappa shape index (κ2) is 13.3. The molecule has 2 aliphatic rings. The summed E-state index contributed by atoms with van der Waals surface area (Å²) in [5.74, 6) is 2.24. The fourth-order valence-corrected chi connectivity index (χ4v) is 8.23. The average Bonchev–Trinajstić information content (AvgIpc) is 3.55. The number of allylic oxidation sites excluding steroid dienone is 2. The van der Waals surface area contributed by atoms with E-state index < -0.39 is 0 Å². The van der Waals surface area contributed by atoms with Crippen molar-refractivity contribution in [2.45, 2.75) is 118 Å². The van der Waals surface area contributed by atoms with Gasteiger partial charge in [-0.15, -0.1) is 0 Å². The van der Waals surface area contributed by atoms with Crippen LogP contribution in [0, 0.1) is 11.8 Å². The molecule has 0 saturated heterocycles. The summed E-state index contributed by atoms with van der Waals surface area (Å²) in [5, 5.41) is 0. The van der Waals surface area contributed by atoms with E-state index in [-0.39, 0.29) is 10.8 Å². The quantitative estimate of drug-likeness (QED) is 0.172. The number of fused-ring (bicyclic) bond motifs is 2. The highest BCUT2D eigenvalue weighted by Gasteiger charge is 2.32. The Labute approximate surface area is 292 Å². The maximum atomic E-state index is 2.57. The smallest absolute Gasteiger partial charge is 0.00580 e. The van der Waals surface area contributed by atoms with Crippen LogP contribution in [0.3, 0.4) is 0 Å². The van der Waals surface area contributed by atoms with Crippen LogP contribution < -0.4 is 0 Å². The number of benzene rings is 4. The Morgan fingerprint density at radius 3 is 1.15 bits per heavy atom. The van der Waals surface area contributed by atoms with Crippen LogP contribution in [-0.4, -0.2) is 0 Å². The van der Waals surface area contributed by atoms with Gasteiger partial charge in [-0.1, -0.05) is 177 Å². The standard InChI is InChI=1S/C48H58/c1-31(2)27-35-29-45-39(33-17-21-37(22-18-33)47(5,6)7)13-11-15-43(45)41(35)25-26-42-36(28-32(3)4)30-46-40(14-12-16-44(42)46)34-19-23-38(24-20-34)48(8,9)10/h11-24,29-32,41-42H,25-28H2,1-10H3. The molecule has 0 fully saturated rings. The molecule has 4 aromatic carbocycles. The van der Waals surface area contributed by atoms with E-state index >= 15 is 0 Å². The monoisotopic (exact) mass is 634 g/mol. The Hall–Kier alpha value is -3.64. The Bertz CT molecular complexity index is 1670. The van der Waals surface area contributed by atoms with E-state index in [2.05, 4.69) is 166 Å². The van der Waals surface area contributed by atoms with Crippen LogP contribution in [0.5, 0.6) is 0 Å². The highest BCUT2D eigenvalue weighted by Crippen LogP contribution is 2.50. The van der Waals surface area contributed by atoms with E-state index in [1.165, 1.54) is 68.5 Å². The lowest BCUT2D eigenvalue weighted by Crippen LogP contribution is -2.10. The molecule has 0 amide bonds. The lowest BCUT2D eigenvalue weighted by atomic mass is 9.80. The molecule has 4 aromatic rings. The maximum Gasteiger partial charge on any atom is 0.00580 e. The molecule has 250 valence electrons. The summed E-state index contributed by atoms with van der Waals surface area (Å²) in [6, 6.07) is 32.8. The van der Waals surface area contributed by atoms with Gasteiger partial charge in [0.25, 0.3) is 0 Å². The van der Waals surface area contributed by atoms with Crippen molar-refractivity contribution in [3.8, 4) is 22.3 Å². The van der Waals surface area contributed by atoms with Crippen molar-refractivity contribution in [1.82, 2.24) is 0 Å². The summed E-state index contributed by atoms with van der Waals surface area (Å²) < 4.78 is 0. The van der Waals surface area contributed by atoms with E-state index in [0.717, 1.165) is 12.8 Å². The van der Waals surface area contributed by atoms with Gasteiger partial charge in [0.05, 0.1) is 0 Å². The molecule has 2 aliphatic carbocycles. The summed E-state index contributed by atoms with van der Waals surface area (Å²) in [7, 11) is 0. The summed E-state index contributed by atoms with van der Waals surface area (Å²) in [4.78, 5) is 0. The van der Waals surface area contributed by atoms with E-state index in [9.17, 15) is 0 Å². The maximum absolute atomic E-state index is 2.57. The van der Waals surface area contributed by atoms with Crippen molar-refractivity contribution >= 4 is 12.2 Å². The fourth-order valence-electron chi connectivity index (χ4n) is 8.23. The van der Waals surface area contributed by atoms with Crippen LogP contribution in [0.25, 0.3) is 34.4 Å². The Balaban J connectivity index is 1.32. The van der Waals surface area contributed by atoms with Crippen molar-refractivity contribution in [3.63, 3.8) is 0 Å². The van der Waals surface area contributed by atoms with Gasteiger partial charge in [0.1, 0.15) is 0 Å². The third kappa shape index (κ3) is 7.05. The number of rotatable bonds is 9. The minimum absolute atomic E-state index is 0.159. The Kier molecular flexibility index (Phi) is 9.52. The van der Waals surface area contributed by atoms with E-state index in [0.29, 0.717) is 23.7 Å². The largest absolute Gasteiger partial charge is 0.0625 e. The lowest BCUT2D eigenvalue weighted by Gasteiger charge is -2.24. The SMILES string of the molecule is CC(C)CC1=Cc2c(-c3ccc(C(C)(C)C)cc3)cccc2C1CCC1C(CC(C)C)=Cc2c(-c3ccc(C(C)(C)C)cc3)cccc21. The van der Waals surface area contributed by atoms with Gasteiger partial charge >= 0.3 is 0 Å². The minimum Gasteiger partial charge on any atom is -0.0625 e. The first-order valence-corrected chi connectivity index (χ1v) is 18.6. The highest BCUT2D eigenvalue weighted by molar-refractivity contribution is 5.83. The fraction of sp³-hybridized carbons (Fsp3) is 0.417. The zero-order chi connectivity index (χ0) is 34.4. The summed E-state index contributed by atoms with van der Waals surface area (Å²) in [6.07, 6.45) is 9.82. The number of hydrogen-bond donors (Lipinski definition) is 0. The van der Waals surface area contributed by atoms with Gasteiger partial charge in [0.2, 0.25) is 0 Å². The molecule has 6 rings (SSSR count). The molecule has 2 unspecified atom stereocenters. The molecule has 0 saturated carbocycles. The molecule has 0 nitrogen and oxygen atoms in total. The molecule has 0 heterocycles. The van der Waals surface area contributed by atoms with Gasteiger partial charge in [0.15, 0.2) is 0 Å². The number of hydrogen-bond acceptors (Lipinski definition) is 0. The highest BCUT2D eigenvalue weighted by atomic mass is 14.4. The molecule has 0 bridgehead atoms. The first-order valence-electron chi connectivity index (χ1n) is 18.6. The second-order valence-corrected chi connectivity index (χ2v) is 17.6. The zero-order valence-corrected chi connectivity index (χ0v) is 31.4. The van der Waals surface area contributed by atoms with Crippen LogP contribution in [0.15, 0.2) is 96.1 Å². The second-order valence-electron chi connectivity index (χ2n) is 17.6. The Morgan fingerprint density at radius 2 is 0.833 bits per heavy atom. The predicted molar refractivity (Wildman–Crippen MR) is 211 cm³/mol. The van der Waals surface area contributed by atoms with Crippen LogP contribution >= 0.6 is 0 Å². The molecular weight excluding hydrogens is 577 g/mol. The van der Waals surface area contributed by atoms with Crippen LogP contribution in [-0.2, 0) is 10.8 Å². The molecule has 2 atom stereocenters. The molecule has 0 aliphatic heterocycles. The first kappa shape index (κ1) is 34.2. The van der Waals surface area contributed by atoms with Crippen molar-refractivity contribution < 1.29 is 0 Å². The third-order valence-electron chi connectivity index (χ3n) is 10.7. The Morgan fingerprint density at radius 1 is 0.479 bits per heavy atom. The molecule has 0 aromatic heterocycles. The average molecular weight is 635 g/mol. The summed E-state index contributed by atoms with van der Waals surface area (Å²) >= 11 is 0. The molecule has 0 spiro atoms. The van der Waals surface area contributed by atoms with Crippen molar-refractivity contribution in [2.75, 3.05) is 0 Å². The topological polar surface area (TPSA) is 0 Å². The van der Waals surface area contributed by atoms with Gasteiger partial charge in [-0.05, 0) is 104 Å². The van der Waals surface area contributed by atoms with Crippen LogP contribution in [0.4, 0.5) is 0 Å². The molecular formula is C48H58. The molecule has 48 heavy (non-hydrogen) atoms. The molecule has 0 N–H and O–H groups in total. The van der Waals surface area contributed by atoms with E-state index in [4.69, 9.17) is 0 Å². The van der Waals surface area contributed by atoms with Crippen LogP contribution in [0.1, 0.15) is 140 Å². The summed E-state index contributed by atoms with van der Waals surface area (Å²) in [6.45, 7) is 23.3. The van der Waals surface area contributed by atoms with Gasteiger partial charge in [-0.3, -0.25) is 0 Å². The third-order valence-corrected chi connectivity index (χ3v) is 10.7. The minimum atomic E-state index is 0.159.